The molecule has 16 heavy (non-hydrogen) atoms. The van der Waals surface area contributed by atoms with Crippen molar-refractivity contribution in [1.82, 2.24) is 4.98 Å². The molecule has 0 radical (unpaired) electrons. The van der Waals surface area contributed by atoms with E-state index in [1.807, 2.05) is 12.1 Å². The van der Waals surface area contributed by atoms with E-state index in [-0.39, 0.29) is 12.3 Å². The molecular weight excluding hydrogens is 200 g/mol. The fraction of sp³-hybridized carbons (Fsp3) is 0.538. The quantitative estimate of drug-likeness (QED) is 0.827. The molecule has 0 spiro atoms. The average molecular weight is 220 g/mol. The van der Waals surface area contributed by atoms with E-state index < -0.39 is 0 Å². The fourth-order valence-electron chi connectivity index (χ4n) is 1.66. The summed E-state index contributed by atoms with van der Waals surface area (Å²) < 4.78 is 0. The molecule has 1 aromatic rings. The standard InChI is InChI=1S/C13H20N2O/c1-4-9(2)10(3)12-6-5-11(8-15-12)7-13(14)16/h5-6,8-10H,4,7H2,1-3H3,(H2,14,16). The van der Waals surface area contributed by atoms with Gasteiger partial charge in [-0.05, 0) is 17.5 Å². The summed E-state index contributed by atoms with van der Waals surface area (Å²) >= 11 is 0. The zero-order valence-corrected chi connectivity index (χ0v) is 10.2. The third kappa shape index (κ3) is 3.33. The second-order valence-electron chi connectivity index (χ2n) is 4.41. The molecule has 1 amide bonds. The Hall–Kier alpha value is -1.38. The Labute approximate surface area is 97.1 Å². The zero-order valence-electron chi connectivity index (χ0n) is 10.2. The molecule has 2 unspecified atom stereocenters. The lowest BCUT2D eigenvalue weighted by Crippen LogP contribution is -2.14. The maximum atomic E-state index is 10.7. The number of nitrogens with zero attached hydrogens (tertiary/aromatic N) is 1. The smallest absolute Gasteiger partial charge is 0.221 e. The van der Waals surface area contributed by atoms with Crippen LogP contribution in [0.1, 0.15) is 44.4 Å². The van der Waals surface area contributed by atoms with Gasteiger partial charge in [-0.1, -0.05) is 33.3 Å². The minimum atomic E-state index is -0.315. The van der Waals surface area contributed by atoms with E-state index in [1.165, 1.54) is 0 Å². The highest BCUT2D eigenvalue weighted by Crippen LogP contribution is 2.24. The number of carbonyl (C=O) groups is 1. The van der Waals surface area contributed by atoms with Gasteiger partial charge in [0.1, 0.15) is 0 Å². The predicted octanol–water partition coefficient (Wildman–Crippen LogP) is 2.26. The lowest BCUT2D eigenvalue weighted by atomic mass is 9.90. The highest BCUT2D eigenvalue weighted by atomic mass is 16.1. The van der Waals surface area contributed by atoms with E-state index in [2.05, 4.69) is 25.8 Å². The van der Waals surface area contributed by atoms with Gasteiger partial charge in [-0.3, -0.25) is 9.78 Å². The lowest BCUT2D eigenvalue weighted by molar-refractivity contribution is -0.117. The van der Waals surface area contributed by atoms with Gasteiger partial charge in [0, 0.05) is 17.8 Å². The molecule has 0 aromatic carbocycles. The molecular formula is C13H20N2O. The van der Waals surface area contributed by atoms with E-state index in [4.69, 9.17) is 5.73 Å². The van der Waals surface area contributed by atoms with Gasteiger partial charge in [0.15, 0.2) is 0 Å². The number of primary amides is 1. The maximum absolute atomic E-state index is 10.7. The molecule has 0 aliphatic heterocycles. The summed E-state index contributed by atoms with van der Waals surface area (Å²) in [4.78, 5) is 15.1. The van der Waals surface area contributed by atoms with Gasteiger partial charge in [-0.2, -0.15) is 0 Å². The van der Waals surface area contributed by atoms with Crippen LogP contribution in [0.15, 0.2) is 18.3 Å². The summed E-state index contributed by atoms with van der Waals surface area (Å²) in [7, 11) is 0. The number of nitrogens with two attached hydrogens (primary N) is 1. The van der Waals surface area contributed by atoms with Crippen molar-refractivity contribution in [3.63, 3.8) is 0 Å². The van der Waals surface area contributed by atoms with E-state index in [0.717, 1.165) is 17.7 Å². The molecule has 3 nitrogen and oxygen atoms in total. The Balaban J connectivity index is 2.74. The van der Waals surface area contributed by atoms with Gasteiger partial charge in [-0.25, -0.2) is 0 Å². The third-order valence-corrected chi connectivity index (χ3v) is 3.19. The van der Waals surface area contributed by atoms with Crippen LogP contribution in [0.3, 0.4) is 0 Å². The van der Waals surface area contributed by atoms with Crippen LogP contribution < -0.4 is 5.73 Å². The minimum Gasteiger partial charge on any atom is -0.369 e. The van der Waals surface area contributed by atoms with Crippen LogP contribution in [0.25, 0.3) is 0 Å². The second kappa shape index (κ2) is 5.64. The molecule has 3 heteroatoms. The number of hydrogen-bond donors (Lipinski definition) is 1. The molecule has 1 heterocycles. The molecule has 0 fully saturated rings. The van der Waals surface area contributed by atoms with E-state index in [0.29, 0.717) is 11.8 Å². The number of pyridine rings is 1. The van der Waals surface area contributed by atoms with Crippen LogP contribution in [0.2, 0.25) is 0 Å². The first kappa shape index (κ1) is 12.7. The van der Waals surface area contributed by atoms with Gasteiger partial charge >= 0.3 is 0 Å². The van der Waals surface area contributed by atoms with E-state index in [1.54, 1.807) is 6.20 Å². The Morgan fingerprint density at radius 2 is 2.12 bits per heavy atom. The van der Waals surface area contributed by atoms with Crippen LogP contribution in [-0.2, 0) is 11.2 Å². The van der Waals surface area contributed by atoms with Gasteiger partial charge in [0.05, 0.1) is 6.42 Å². The first-order chi connectivity index (χ1) is 7.54. The Morgan fingerprint density at radius 1 is 1.44 bits per heavy atom. The van der Waals surface area contributed by atoms with E-state index in [9.17, 15) is 4.79 Å². The zero-order chi connectivity index (χ0) is 12.1. The van der Waals surface area contributed by atoms with Crippen LogP contribution in [0.5, 0.6) is 0 Å². The second-order valence-corrected chi connectivity index (χ2v) is 4.41. The summed E-state index contributed by atoms with van der Waals surface area (Å²) in [6, 6.07) is 3.93. The normalized spacial score (nSPS) is 14.4. The molecule has 0 aliphatic carbocycles. The number of rotatable bonds is 5. The molecule has 2 atom stereocenters. The van der Waals surface area contributed by atoms with Crippen molar-refractivity contribution in [2.24, 2.45) is 11.7 Å². The highest BCUT2D eigenvalue weighted by Gasteiger charge is 2.13. The monoisotopic (exact) mass is 220 g/mol. The number of carbonyl (C=O) groups excluding carboxylic acids is 1. The molecule has 2 N–H and O–H groups in total. The summed E-state index contributed by atoms with van der Waals surface area (Å²) in [5, 5.41) is 0. The topological polar surface area (TPSA) is 56.0 Å². The highest BCUT2D eigenvalue weighted by molar-refractivity contribution is 5.76. The number of amides is 1. The summed E-state index contributed by atoms with van der Waals surface area (Å²) in [6.07, 6.45) is 3.16. The van der Waals surface area contributed by atoms with Crippen molar-refractivity contribution < 1.29 is 4.79 Å². The Bertz CT molecular complexity index is 345. The van der Waals surface area contributed by atoms with E-state index >= 15 is 0 Å². The Morgan fingerprint density at radius 3 is 2.56 bits per heavy atom. The van der Waals surface area contributed by atoms with Crippen molar-refractivity contribution in [2.45, 2.75) is 39.5 Å². The predicted molar refractivity (Wildman–Crippen MR) is 65.0 cm³/mol. The van der Waals surface area contributed by atoms with Crippen molar-refractivity contribution in [1.29, 1.82) is 0 Å². The molecule has 1 aromatic heterocycles. The van der Waals surface area contributed by atoms with Crippen LogP contribution >= 0.6 is 0 Å². The van der Waals surface area contributed by atoms with Crippen molar-refractivity contribution in [2.75, 3.05) is 0 Å². The van der Waals surface area contributed by atoms with Crippen LogP contribution in [0.4, 0.5) is 0 Å². The number of aromatic nitrogens is 1. The van der Waals surface area contributed by atoms with Crippen molar-refractivity contribution in [3.05, 3.63) is 29.6 Å². The summed E-state index contributed by atoms with van der Waals surface area (Å²) in [5.74, 6) is 0.756. The maximum Gasteiger partial charge on any atom is 0.221 e. The third-order valence-electron chi connectivity index (χ3n) is 3.19. The van der Waals surface area contributed by atoms with Gasteiger partial charge in [-0.15, -0.1) is 0 Å². The Kier molecular flexibility index (Phi) is 4.47. The fourth-order valence-corrected chi connectivity index (χ4v) is 1.66. The SMILES string of the molecule is CCC(C)C(C)c1ccc(CC(N)=O)cn1. The van der Waals surface area contributed by atoms with Gasteiger partial charge < -0.3 is 5.73 Å². The summed E-state index contributed by atoms with van der Waals surface area (Å²) in [5.41, 5.74) is 7.09. The molecule has 0 saturated carbocycles. The largest absolute Gasteiger partial charge is 0.369 e. The molecule has 1 rings (SSSR count). The summed E-state index contributed by atoms with van der Waals surface area (Å²) in [6.45, 7) is 6.59. The molecule has 0 aliphatic rings. The first-order valence-corrected chi connectivity index (χ1v) is 5.77. The molecule has 0 saturated heterocycles. The average Bonchev–Trinajstić information content (AvgIpc) is 2.27. The van der Waals surface area contributed by atoms with Crippen LogP contribution in [-0.4, -0.2) is 10.9 Å². The van der Waals surface area contributed by atoms with Crippen LogP contribution in [0, 0.1) is 5.92 Å². The van der Waals surface area contributed by atoms with Crippen molar-refractivity contribution >= 4 is 5.91 Å². The first-order valence-electron chi connectivity index (χ1n) is 5.77. The molecule has 88 valence electrons. The minimum absolute atomic E-state index is 0.269. The number of hydrogen-bond acceptors (Lipinski definition) is 2. The van der Waals surface area contributed by atoms with Gasteiger partial charge in [0.25, 0.3) is 0 Å². The van der Waals surface area contributed by atoms with Crippen molar-refractivity contribution in [3.8, 4) is 0 Å². The molecule has 0 bridgehead atoms. The van der Waals surface area contributed by atoms with Gasteiger partial charge in [0.2, 0.25) is 5.91 Å². The lowest BCUT2D eigenvalue weighted by Gasteiger charge is -2.17.